The average molecular weight is 356 g/mol. The van der Waals surface area contributed by atoms with Gasteiger partial charge in [0.1, 0.15) is 0 Å². The van der Waals surface area contributed by atoms with Gasteiger partial charge in [0.15, 0.2) is 0 Å². The minimum absolute atomic E-state index is 0.0846. The van der Waals surface area contributed by atoms with Gasteiger partial charge in [0, 0.05) is 15.4 Å². The van der Waals surface area contributed by atoms with Crippen LogP contribution in [0.4, 0.5) is 0 Å². The topological polar surface area (TPSA) is 66.4 Å². The molecule has 2 atom stereocenters. The highest BCUT2D eigenvalue weighted by atomic mass is 79.9. The molecule has 0 bridgehead atoms. The van der Waals surface area contributed by atoms with E-state index in [0.717, 1.165) is 9.37 Å². The lowest BCUT2D eigenvalue weighted by Gasteiger charge is -2.11. The molecule has 1 aliphatic carbocycles. The maximum atomic E-state index is 11.8. The predicted octanol–water partition coefficient (Wildman–Crippen LogP) is 2.69. The third-order valence-corrected chi connectivity index (χ3v) is 4.47. The fourth-order valence-electron chi connectivity index (χ4n) is 1.92. The molecule has 106 valence electrons. The summed E-state index contributed by atoms with van der Waals surface area (Å²) in [5, 5.41) is 11.7. The second kappa shape index (κ2) is 6.95. The minimum atomic E-state index is -0.845. The standard InChI is InChI=1S/C14H14BrNO3S/c15-10-2-5-12(6-3-10)20-8-13(17)16-11-4-1-9(7-11)14(18)19/h1-6,9,11H,7-8H2,(H,16,17)(H,18,19). The number of carboxylic acids is 1. The van der Waals surface area contributed by atoms with Crippen molar-refractivity contribution in [2.75, 3.05) is 5.75 Å². The van der Waals surface area contributed by atoms with E-state index in [-0.39, 0.29) is 11.9 Å². The molecule has 1 aromatic rings. The zero-order valence-corrected chi connectivity index (χ0v) is 13.0. The number of carboxylic acid groups (broad SMARTS) is 1. The summed E-state index contributed by atoms with van der Waals surface area (Å²) in [4.78, 5) is 23.6. The minimum Gasteiger partial charge on any atom is -0.481 e. The van der Waals surface area contributed by atoms with Crippen LogP contribution in [0.15, 0.2) is 45.8 Å². The maximum absolute atomic E-state index is 11.8. The Labute approximate surface area is 129 Å². The number of nitrogens with one attached hydrogen (secondary N) is 1. The van der Waals surface area contributed by atoms with Gasteiger partial charge in [-0.2, -0.15) is 0 Å². The van der Waals surface area contributed by atoms with Gasteiger partial charge in [0.2, 0.25) is 5.91 Å². The Morgan fingerprint density at radius 2 is 2.00 bits per heavy atom. The van der Waals surface area contributed by atoms with Crippen LogP contribution in [-0.4, -0.2) is 28.8 Å². The fraction of sp³-hybridized carbons (Fsp3) is 0.286. The number of carbonyl (C=O) groups excluding carboxylic acids is 1. The summed E-state index contributed by atoms with van der Waals surface area (Å²) in [5.74, 6) is -1.09. The Hall–Kier alpha value is -1.27. The number of amides is 1. The number of benzene rings is 1. The van der Waals surface area contributed by atoms with E-state index in [9.17, 15) is 9.59 Å². The van der Waals surface area contributed by atoms with Crippen LogP contribution >= 0.6 is 27.7 Å². The number of hydrogen-bond donors (Lipinski definition) is 2. The largest absolute Gasteiger partial charge is 0.481 e. The second-order valence-corrected chi connectivity index (χ2v) is 6.45. The predicted molar refractivity (Wildman–Crippen MR) is 81.7 cm³/mol. The Morgan fingerprint density at radius 1 is 1.30 bits per heavy atom. The van der Waals surface area contributed by atoms with Crippen LogP contribution < -0.4 is 5.32 Å². The van der Waals surface area contributed by atoms with Crippen molar-refractivity contribution in [1.82, 2.24) is 5.32 Å². The average Bonchev–Trinajstić information content (AvgIpc) is 2.87. The van der Waals surface area contributed by atoms with Gasteiger partial charge in [0.25, 0.3) is 0 Å². The summed E-state index contributed by atoms with van der Waals surface area (Å²) in [6, 6.07) is 7.57. The number of carbonyl (C=O) groups is 2. The Balaban J connectivity index is 1.75. The van der Waals surface area contributed by atoms with Crippen LogP contribution in [0.1, 0.15) is 6.42 Å². The molecule has 6 heteroatoms. The molecule has 1 aliphatic rings. The molecular weight excluding hydrogens is 342 g/mol. The first-order valence-electron chi connectivity index (χ1n) is 6.13. The Morgan fingerprint density at radius 3 is 2.60 bits per heavy atom. The summed E-state index contributed by atoms with van der Waals surface area (Å²) in [6.45, 7) is 0. The Bertz CT molecular complexity index is 530. The molecule has 20 heavy (non-hydrogen) atoms. The molecule has 0 saturated carbocycles. The lowest BCUT2D eigenvalue weighted by atomic mass is 10.1. The molecule has 2 N–H and O–H groups in total. The van der Waals surface area contributed by atoms with Crippen LogP contribution in [-0.2, 0) is 9.59 Å². The molecule has 1 aromatic carbocycles. The number of rotatable bonds is 5. The van der Waals surface area contributed by atoms with Gasteiger partial charge in [-0.25, -0.2) is 0 Å². The third kappa shape index (κ3) is 4.38. The van der Waals surface area contributed by atoms with Crippen LogP contribution in [0.2, 0.25) is 0 Å². The van der Waals surface area contributed by atoms with Gasteiger partial charge >= 0.3 is 5.97 Å². The lowest BCUT2D eigenvalue weighted by Crippen LogP contribution is -2.34. The smallest absolute Gasteiger partial charge is 0.310 e. The van der Waals surface area contributed by atoms with Gasteiger partial charge in [-0.3, -0.25) is 9.59 Å². The molecule has 2 unspecified atom stereocenters. The van der Waals surface area contributed by atoms with Crippen molar-refractivity contribution in [3.05, 3.63) is 40.9 Å². The van der Waals surface area contributed by atoms with Crippen LogP contribution in [0.5, 0.6) is 0 Å². The van der Waals surface area contributed by atoms with Crippen LogP contribution in [0, 0.1) is 5.92 Å². The van der Waals surface area contributed by atoms with Crippen molar-refractivity contribution in [3.8, 4) is 0 Å². The fourth-order valence-corrected chi connectivity index (χ4v) is 2.89. The zero-order chi connectivity index (χ0) is 14.5. The molecule has 0 saturated heterocycles. The highest BCUT2D eigenvalue weighted by Gasteiger charge is 2.25. The van der Waals surface area contributed by atoms with E-state index in [2.05, 4.69) is 21.2 Å². The number of halogens is 1. The SMILES string of the molecule is O=C(CSc1ccc(Br)cc1)NC1C=CC(C(=O)O)C1. The third-order valence-electron chi connectivity index (χ3n) is 2.93. The van der Waals surface area contributed by atoms with Crippen LogP contribution in [0.25, 0.3) is 0 Å². The highest BCUT2D eigenvalue weighted by molar-refractivity contribution is 9.10. The van der Waals surface area contributed by atoms with Crippen molar-refractivity contribution in [2.24, 2.45) is 5.92 Å². The molecule has 2 rings (SSSR count). The molecule has 0 heterocycles. The molecule has 0 aliphatic heterocycles. The normalized spacial score (nSPS) is 20.9. The van der Waals surface area contributed by atoms with Gasteiger partial charge in [-0.05, 0) is 30.7 Å². The highest BCUT2D eigenvalue weighted by Crippen LogP contribution is 2.21. The van der Waals surface area contributed by atoms with Crippen LogP contribution in [0.3, 0.4) is 0 Å². The zero-order valence-electron chi connectivity index (χ0n) is 10.6. The summed E-state index contributed by atoms with van der Waals surface area (Å²) in [6.07, 6.45) is 3.82. The second-order valence-electron chi connectivity index (χ2n) is 4.48. The summed E-state index contributed by atoms with van der Waals surface area (Å²) >= 11 is 4.81. The van der Waals surface area contributed by atoms with E-state index in [1.165, 1.54) is 11.8 Å². The molecule has 0 spiro atoms. The quantitative estimate of drug-likeness (QED) is 0.629. The summed E-state index contributed by atoms with van der Waals surface area (Å²) < 4.78 is 1.00. The Kier molecular flexibility index (Phi) is 5.25. The van der Waals surface area contributed by atoms with Crippen molar-refractivity contribution in [2.45, 2.75) is 17.4 Å². The summed E-state index contributed by atoms with van der Waals surface area (Å²) in [7, 11) is 0. The van der Waals surface area contributed by atoms with Crippen molar-refractivity contribution < 1.29 is 14.7 Å². The van der Waals surface area contributed by atoms with E-state index in [0.29, 0.717) is 12.2 Å². The molecule has 0 fully saturated rings. The van der Waals surface area contributed by atoms with E-state index in [4.69, 9.17) is 5.11 Å². The number of thioether (sulfide) groups is 1. The van der Waals surface area contributed by atoms with Gasteiger partial charge in [-0.1, -0.05) is 28.1 Å². The van der Waals surface area contributed by atoms with E-state index in [1.54, 1.807) is 12.2 Å². The first kappa shape index (κ1) is 15.1. The van der Waals surface area contributed by atoms with E-state index in [1.807, 2.05) is 24.3 Å². The number of aliphatic carboxylic acids is 1. The van der Waals surface area contributed by atoms with E-state index < -0.39 is 11.9 Å². The first-order valence-corrected chi connectivity index (χ1v) is 7.91. The maximum Gasteiger partial charge on any atom is 0.310 e. The van der Waals surface area contributed by atoms with Crippen molar-refractivity contribution in [1.29, 1.82) is 0 Å². The first-order chi connectivity index (χ1) is 9.54. The number of hydrogen-bond acceptors (Lipinski definition) is 3. The van der Waals surface area contributed by atoms with Gasteiger partial charge in [-0.15, -0.1) is 11.8 Å². The van der Waals surface area contributed by atoms with Crippen molar-refractivity contribution in [3.63, 3.8) is 0 Å². The molecule has 1 amide bonds. The molecule has 0 radical (unpaired) electrons. The van der Waals surface area contributed by atoms with Crippen molar-refractivity contribution >= 4 is 39.6 Å². The molecular formula is C14H14BrNO3S. The molecule has 0 aromatic heterocycles. The van der Waals surface area contributed by atoms with Gasteiger partial charge < -0.3 is 10.4 Å². The monoisotopic (exact) mass is 355 g/mol. The molecule has 4 nitrogen and oxygen atoms in total. The summed E-state index contributed by atoms with van der Waals surface area (Å²) in [5.41, 5.74) is 0. The van der Waals surface area contributed by atoms with Gasteiger partial charge in [0.05, 0.1) is 11.7 Å². The van der Waals surface area contributed by atoms with E-state index >= 15 is 0 Å². The lowest BCUT2D eigenvalue weighted by molar-refractivity contribution is -0.140.